The van der Waals surface area contributed by atoms with Crippen LogP contribution >= 0.6 is 0 Å². The minimum Gasteiger partial charge on any atom is -0.356 e. The van der Waals surface area contributed by atoms with E-state index in [0.717, 1.165) is 18.5 Å². The Morgan fingerprint density at radius 1 is 1.35 bits per heavy atom. The van der Waals surface area contributed by atoms with Crippen LogP contribution in [0.3, 0.4) is 0 Å². The summed E-state index contributed by atoms with van der Waals surface area (Å²) in [5, 5.41) is 7.16. The topological polar surface area (TPSA) is 46.9 Å². The van der Waals surface area contributed by atoms with Crippen LogP contribution in [-0.2, 0) is 11.2 Å². The van der Waals surface area contributed by atoms with Crippen molar-refractivity contribution < 1.29 is 4.79 Å². The number of aromatic nitrogens is 2. The first-order valence-electron chi connectivity index (χ1n) is 7.07. The van der Waals surface area contributed by atoms with Gasteiger partial charge in [-0.3, -0.25) is 4.79 Å². The van der Waals surface area contributed by atoms with E-state index in [9.17, 15) is 4.79 Å². The van der Waals surface area contributed by atoms with Crippen molar-refractivity contribution in [2.24, 2.45) is 5.92 Å². The zero-order chi connectivity index (χ0) is 14.4. The van der Waals surface area contributed by atoms with E-state index in [1.807, 2.05) is 42.9 Å². The van der Waals surface area contributed by atoms with Crippen molar-refractivity contribution in [1.82, 2.24) is 15.1 Å². The van der Waals surface area contributed by atoms with E-state index in [1.165, 1.54) is 5.56 Å². The SMILES string of the molecule is CC[C@H](C)C(=O)NCCc1ccc(-n2cccn2)cc1. The number of rotatable bonds is 6. The summed E-state index contributed by atoms with van der Waals surface area (Å²) in [4.78, 5) is 11.7. The summed E-state index contributed by atoms with van der Waals surface area (Å²) in [6.07, 6.45) is 5.41. The first kappa shape index (κ1) is 14.3. The average molecular weight is 271 g/mol. The maximum absolute atomic E-state index is 11.7. The molecule has 1 amide bonds. The number of amides is 1. The van der Waals surface area contributed by atoms with Gasteiger partial charge in [0.15, 0.2) is 0 Å². The van der Waals surface area contributed by atoms with Crippen LogP contribution in [0.25, 0.3) is 5.69 Å². The van der Waals surface area contributed by atoms with Gasteiger partial charge in [0.2, 0.25) is 5.91 Å². The van der Waals surface area contributed by atoms with Gasteiger partial charge in [0.05, 0.1) is 5.69 Å². The Kier molecular flexibility index (Phi) is 4.93. The average Bonchev–Trinajstić information content (AvgIpc) is 3.01. The van der Waals surface area contributed by atoms with Gasteiger partial charge in [-0.1, -0.05) is 26.0 Å². The zero-order valence-corrected chi connectivity index (χ0v) is 12.0. The predicted octanol–water partition coefficient (Wildman–Crippen LogP) is 2.58. The maximum Gasteiger partial charge on any atom is 0.222 e. The van der Waals surface area contributed by atoms with Crippen molar-refractivity contribution >= 4 is 5.91 Å². The van der Waals surface area contributed by atoms with E-state index in [4.69, 9.17) is 0 Å². The highest BCUT2D eigenvalue weighted by Crippen LogP contribution is 2.09. The van der Waals surface area contributed by atoms with E-state index >= 15 is 0 Å². The molecule has 0 fully saturated rings. The van der Waals surface area contributed by atoms with Crippen LogP contribution in [0.2, 0.25) is 0 Å². The lowest BCUT2D eigenvalue weighted by Crippen LogP contribution is -2.30. The molecule has 0 saturated carbocycles. The molecule has 0 spiro atoms. The lowest BCUT2D eigenvalue weighted by Gasteiger charge is -2.10. The third-order valence-corrected chi connectivity index (χ3v) is 3.48. The van der Waals surface area contributed by atoms with Crippen LogP contribution in [0.5, 0.6) is 0 Å². The minimum absolute atomic E-state index is 0.0946. The fourth-order valence-electron chi connectivity index (χ4n) is 1.93. The molecule has 0 aliphatic carbocycles. The van der Waals surface area contributed by atoms with Gasteiger partial charge in [-0.05, 0) is 36.6 Å². The van der Waals surface area contributed by atoms with Crippen molar-refractivity contribution in [3.63, 3.8) is 0 Å². The van der Waals surface area contributed by atoms with Crippen LogP contribution < -0.4 is 5.32 Å². The molecule has 20 heavy (non-hydrogen) atoms. The molecule has 2 rings (SSSR count). The van der Waals surface area contributed by atoms with Crippen LogP contribution in [0.4, 0.5) is 0 Å². The van der Waals surface area contributed by atoms with Gasteiger partial charge in [-0.2, -0.15) is 5.10 Å². The lowest BCUT2D eigenvalue weighted by atomic mass is 10.1. The minimum atomic E-state index is 0.0946. The molecule has 2 aromatic rings. The fraction of sp³-hybridized carbons (Fsp3) is 0.375. The highest BCUT2D eigenvalue weighted by Gasteiger charge is 2.08. The Hall–Kier alpha value is -2.10. The molecule has 0 aliphatic heterocycles. The van der Waals surface area contributed by atoms with Crippen molar-refractivity contribution in [1.29, 1.82) is 0 Å². The number of nitrogens with one attached hydrogen (secondary N) is 1. The Balaban J connectivity index is 1.84. The monoisotopic (exact) mass is 271 g/mol. The second-order valence-corrected chi connectivity index (χ2v) is 4.97. The van der Waals surface area contributed by atoms with Crippen LogP contribution in [0.15, 0.2) is 42.7 Å². The van der Waals surface area contributed by atoms with Gasteiger partial charge >= 0.3 is 0 Å². The molecule has 0 radical (unpaired) electrons. The van der Waals surface area contributed by atoms with Crippen LogP contribution in [0, 0.1) is 5.92 Å². The Labute approximate surface area is 119 Å². The lowest BCUT2D eigenvalue weighted by molar-refractivity contribution is -0.124. The van der Waals surface area contributed by atoms with E-state index in [-0.39, 0.29) is 11.8 Å². The molecule has 1 heterocycles. The van der Waals surface area contributed by atoms with Crippen molar-refractivity contribution in [3.8, 4) is 5.69 Å². The standard InChI is InChI=1S/C16H21N3O/c1-3-13(2)16(20)17-11-9-14-5-7-15(8-6-14)19-12-4-10-18-19/h4-8,10,12-13H,3,9,11H2,1-2H3,(H,17,20)/t13-/m0/s1. The summed E-state index contributed by atoms with van der Waals surface area (Å²) in [6.45, 7) is 4.66. The molecule has 0 aliphatic rings. The highest BCUT2D eigenvalue weighted by molar-refractivity contribution is 5.78. The molecule has 0 unspecified atom stereocenters. The number of nitrogens with zero attached hydrogens (tertiary/aromatic N) is 2. The molecule has 4 nitrogen and oxygen atoms in total. The van der Waals surface area contributed by atoms with Crippen molar-refractivity contribution in [2.45, 2.75) is 26.7 Å². The molecule has 4 heteroatoms. The Morgan fingerprint density at radius 2 is 2.10 bits per heavy atom. The molecule has 1 aromatic carbocycles. The second kappa shape index (κ2) is 6.89. The smallest absolute Gasteiger partial charge is 0.222 e. The zero-order valence-electron chi connectivity index (χ0n) is 12.0. The summed E-state index contributed by atoms with van der Waals surface area (Å²) >= 11 is 0. The molecule has 1 N–H and O–H groups in total. The number of hydrogen-bond acceptors (Lipinski definition) is 2. The predicted molar refractivity (Wildman–Crippen MR) is 79.7 cm³/mol. The molecule has 0 bridgehead atoms. The first-order chi connectivity index (χ1) is 9.70. The fourth-order valence-corrected chi connectivity index (χ4v) is 1.93. The van der Waals surface area contributed by atoms with E-state index in [0.29, 0.717) is 6.54 Å². The number of benzene rings is 1. The van der Waals surface area contributed by atoms with Gasteiger partial charge in [-0.15, -0.1) is 0 Å². The van der Waals surface area contributed by atoms with Gasteiger partial charge < -0.3 is 5.32 Å². The maximum atomic E-state index is 11.7. The number of carbonyl (C=O) groups excluding carboxylic acids is 1. The molecule has 1 atom stereocenters. The van der Waals surface area contributed by atoms with E-state index in [2.05, 4.69) is 22.5 Å². The quantitative estimate of drug-likeness (QED) is 0.877. The summed E-state index contributed by atoms with van der Waals surface area (Å²) in [5.74, 6) is 0.234. The largest absolute Gasteiger partial charge is 0.356 e. The third-order valence-electron chi connectivity index (χ3n) is 3.48. The van der Waals surface area contributed by atoms with Crippen LogP contribution in [0.1, 0.15) is 25.8 Å². The summed E-state index contributed by atoms with van der Waals surface area (Å²) in [7, 11) is 0. The second-order valence-electron chi connectivity index (χ2n) is 4.97. The van der Waals surface area contributed by atoms with Gasteiger partial charge in [0, 0.05) is 24.9 Å². The molecule has 0 saturated heterocycles. The molecular weight excluding hydrogens is 250 g/mol. The van der Waals surface area contributed by atoms with Crippen molar-refractivity contribution in [3.05, 3.63) is 48.3 Å². The van der Waals surface area contributed by atoms with E-state index in [1.54, 1.807) is 6.20 Å². The molecular formula is C16H21N3O. The first-order valence-corrected chi connectivity index (χ1v) is 7.07. The summed E-state index contributed by atoms with van der Waals surface area (Å²) in [5.41, 5.74) is 2.26. The Morgan fingerprint density at radius 3 is 2.70 bits per heavy atom. The number of hydrogen-bond donors (Lipinski definition) is 1. The summed E-state index contributed by atoms with van der Waals surface area (Å²) in [6, 6.07) is 10.1. The molecule has 1 aromatic heterocycles. The van der Waals surface area contributed by atoms with Crippen molar-refractivity contribution in [2.75, 3.05) is 6.54 Å². The number of carbonyl (C=O) groups is 1. The van der Waals surface area contributed by atoms with Gasteiger partial charge in [0.1, 0.15) is 0 Å². The van der Waals surface area contributed by atoms with Gasteiger partial charge in [-0.25, -0.2) is 4.68 Å². The Bertz CT molecular complexity index is 531. The summed E-state index contributed by atoms with van der Waals surface area (Å²) < 4.78 is 1.83. The normalized spacial score (nSPS) is 12.1. The molecule has 106 valence electrons. The van der Waals surface area contributed by atoms with E-state index < -0.39 is 0 Å². The third kappa shape index (κ3) is 3.70. The highest BCUT2D eigenvalue weighted by atomic mass is 16.1. The van der Waals surface area contributed by atoms with Crippen LogP contribution in [-0.4, -0.2) is 22.2 Å². The van der Waals surface area contributed by atoms with Gasteiger partial charge in [0.25, 0.3) is 0 Å².